The van der Waals surface area contributed by atoms with E-state index in [2.05, 4.69) is 10.1 Å². The Morgan fingerprint density at radius 1 is 1.36 bits per heavy atom. The number of nitrogens with zero attached hydrogens (tertiary/aromatic N) is 3. The third kappa shape index (κ3) is 3.67. The first kappa shape index (κ1) is 16.1. The number of hydrogen-bond donors (Lipinski definition) is 4. The monoisotopic (exact) mass is 304 g/mol. The maximum absolute atomic E-state index is 8.96. The van der Waals surface area contributed by atoms with Crippen LogP contribution in [0.3, 0.4) is 0 Å². The summed E-state index contributed by atoms with van der Waals surface area (Å²) in [6, 6.07) is 6.79. The fourth-order valence-corrected chi connectivity index (χ4v) is 1.81. The molecule has 1 aromatic carbocycles. The molecule has 0 unspecified atom stereocenters. The summed E-state index contributed by atoms with van der Waals surface area (Å²) in [5.41, 5.74) is 12.2. The molecule has 6 N–H and O–H groups in total. The molecule has 0 saturated heterocycles. The first-order valence-corrected chi connectivity index (χ1v) is 6.81. The molecule has 0 spiro atoms. The SMILES string of the molecule is CC(C)N1N=CC(=Nc2ccc(OC(N)(N)CO)cc2)C1=N. The van der Waals surface area contributed by atoms with E-state index in [-0.39, 0.29) is 11.9 Å². The standard InChI is InChI=1S/C14H20N6O2/c1-9(2)20-13(15)12(7-18-20)19-10-3-5-11(6-4-10)22-14(16,17)8-21/h3-7,9,15,21H,8,16-17H2,1-2H3. The zero-order valence-electron chi connectivity index (χ0n) is 12.5. The highest BCUT2D eigenvalue weighted by atomic mass is 16.5. The molecule has 0 aromatic heterocycles. The summed E-state index contributed by atoms with van der Waals surface area (Å²) in [6.07, 6.45) is 1.56. The van der Waals surface area contributed by atoms with Crippen molar-refractivity contribution in [1.82, 2.24) is 5.01 Å². The molecular weight excluding hydrogens is 284 g/mol. The molecule has 8 nitrogen and oxygen atoms in total. The van der Waals surface area contributed by atoms with Gasteiger partial charge in [-0.25, -0.2) is 10.0 Å². The fourth-order valence-electron chi connectivity index (χ4n) is 1.81. The zero-order chi connectivity index (χ0) is 16.3. The lowest BCUT2D eigenvalue weighted by atomic mass is 10.2. The number of amidine groups is 1. The minimum absolute atomic E-state index is 0.105. The van der Waals surface area contributed by atoms with Crippen molar-refractivity contribution < 1.29 is 9.84 Å². The molecule has 0 saturated carbocycles. The Kier molecular flexibility index (Phi) is 4.55. The summed E-state index contributed by atoms with van der Waals surface area (Å²) in [4.78, 5) is 4.36. The topological polar surface area (TPSA) is 133 Å². The molecule has 0 atom stereocenters. The molecule has 118 valence electrons. The summed E-state index contributed by atoms with van der Waals surface area (Å²) in [5, 5.41) is 22.7. The van der Waals surface area contributed by atoms with Gasteiger partial charge in [-0.2, -0.15) is 5.10 Å². The van der Waals surface area contributed by atoms with Gasteiger partial charge in [-0.3, -0.25) is 16.9 Å². The number of aliphatic hydroxyl groups is 1. The van der Waals surface area contributed by atoms with E-state index in [0.29, 0.717) is 17.1 Å². The van der Waals surface area contributed by atoms with Crippen molar-refractivity contribution in [2.45, 2.75) is 25.7 Å². The van der Waals surface area contributed by atoms with Gasteiger partial charge in [0, 0.05) is 6.04 Å². The van der Waals surface area contributed by atoms with E-state index in [1.807, 2.05) is 13.8 Å². The summed E-state index contributed by atoms with van der Waals surface area (Å²) in [6.45, 7) is 3.40. The third-order valence-electron chi connectivity index (χ3n) is 2.91. The Morgan fingerprint density at radius 2 is 2.00 bits per heavy atom. The number of hydrazone groups is 1. The summed E-state index contributed by atoms with van der Waals surface area (Å²) in [5.74, 6) is -0.939. The number of hydrogen-bond acceptors (Lipinski definition) is 7. The van der Waals surface area contributed by atoms with Crippen molar-refractivity contribution in [3.8, 4) is 5.75 Å². The summed E-state index contributed by atoms with van der Waals surface area (Å²) >= 11 is 0. The minimum atomic E-state index is -1.62. The van der Waals surface area contributed by atoms with Crippen LogP contribution in [0.4, 0.5) is 5.69 Å². The summed E-state index contributed by atoms with van der Waals surface area (Å²) < 4.78 is 5.23. The molecule has 1 aliphatic heterocycles. The smallest absolute Gasteiger partial charge is 0.236 e. The molecule has 0 radical (unpaired) electrons. The molecule has 1 heterocycles. The van der Waals surface area contributed by atoms with Crippen molar-refractivity contribution in [2.75, 3.05) is 6.61 Å². The minimum Gasteiger partial charge on any atom is -0.458 e. The quantitative estimate of drug-likeness (QED) is 0.584. The van der Waals surface area contributed by atoms with Crippen LogP contribution in [0.2, 0.25) is 0 Å². The van der Waals surface area contributed by atoms with Gasteiger partial charge in [0.2, 0.25) is 5.85 Å². The van der Waals surface area contributed by atoms with Gasteiger partial charge in [0.15, 0.2) is 5.84 Å². The van der Waals surface area contributed by atoms with Crippen molar-refractivity contribution in [3.05, 3.63) is 24.3 Å². The Hall–Kier alpha value is -2.29. The number of nitrogens with two attached hydrogens (primary N) is 2. The molecule has 0 fully saturated rings. The van der Waals surface area contributed by atoms with Crippen molar-refractivity contribution >= 4 is 23.4 Å². The van der Waals surface area contributed by atoms with Crippen LogP contribution in [0, 0.1) is 5.41 Å². The van der Waals surface area contributed by atoms with Crippen LogP contribution < -0.4 is 16.2 Å². The van der Waals surface area contributed by atoms with Gasteiger partial charge in [0.05, 0.1) is 11.9 Å². The van der Waals surface area contributed by atoms with Crippen molar-refractivity contribution in [1.29, 1.82) is 5.41 Å². The number of aliphatic imine (C=N–C) groups is 1. The predicted octanol–water partition coefficient (Wildman–Crippen LogP) is 0.388. The average molecular weight is 304 g/mol. The van der Waals surface area contributed by atoms with Gasteiger partial charge in [0.1, 0.15) is 18.1 Å². The van der Waals surface area contributed by atoms with Crippen LogP contribution in [0.5, 0.6) is 5.75 Å². The molecule has 0 bridgehead atoms. The Morgan fingerprint density at radius 3 is 2.50 bits per heavy atom. The summed E-state index contributed by atoms with van der Waals surface area (Å²) in [7, 11) is 0. The third-order valence-corrected chi connectivity index (χ3v) is 2.91. The lowest BCUT2D eigenvalue weighted by Crippen LogP contribution is -2.57. The predicted molar refractivity (Wildman–Crippen MR) is 85.6 cm³/mol. The number of nitrogens with one attached hydrogen (secondary N) is 1. The molecule has 1 aliphatic rings. The highest BCUT2D eigenvalue weighted by Gasteiger charge is 2.22. The number of benzene rings is 1. The van der Waals surface area contributed by atoms with E-state index in [4.69, 9.17) is 26.7 Å². The maximum Gasteiger partial charge on any atom is 0.236 e. The second-order valence-electron chi connectivity index (χ2n) is 5.24. The molecule has 22 heavy (non-hydrogen) atoms. The van der Waals surface area contributed by atoms with E-state index in [1.165, 1.54) is 0 Å². The van der Waals surface area contributed by atoms with E-state index in [9.17, 15) is 0 Å². The van der Waals surface area contributed by atoms with E-state index in [1.54, 1.807) is 35.5 Å². The van der Waals surface area contributed by atoms with Gasteiger partial charge >= 0.3 is 0 Å². The number of aliphatic hydroxyl groups excluding tert-OH is 1. The van der Waals surface area contributed by atoms with Gasteiger partial charge < -0.3 is 9.84 Å². The Labute approximate surface area is 128 Å². The Balaban J connectivity index is 2.11. The lowest BCUT2D eigenvalue weighted by molar-refractivity contribution is 0.0198. The van der Waals surface area contributed by atoms with Crippen LogP contribution >= 0.6 is 0 Å². The van der Waals surface area contributed by atoms with Crippen LogP contribution in [0.15, 0.2) is 34.4 Å². The fraction of sp³-hybridized carbons (Fsp3) is 0.357. The normalized spacial score (nSPS) is 16.9. The van der Waals surface area contributed by atoms with Gasteiger partial charge in [-0.1, -0.05) is 0 Å². The van der Waals surface area contributed by atoms with E-state index in [0.717, 1.165) is 0 Å². The molecular formula is C14H20N6O2. The highest BCUT2D eigenvalue weighted by Crippen LogP contribution is 2.20. The largest absolute Gasteiger partial charge is 0.458 e. The lowest BCUT2D eigenvalue weighted by Gasteiger charge is -2.23. The van der Waals surface area contributed by atoms with Crippen LogP contribution in [0.25, 0.3) is 0 Å². The molecule has 8 heteroatoms. The van der Waals surface area contributed by atoms with Gasteiger partial charge in [0.25, 0.3) is 0 Å². The van der Waals surface area contributed by atoms with Gasteiger partial charge in [-0.15, -0.1) is 0 Å². The molecule has 2 rings (SSSR count). The highest BCUT2D eigenvalue weighted by molar-refractivity contribution is 6.63. The zero-order valence-corrected chi connectivity index (χ0v) is 12.5. The second-order valence-corrected chi connectivity index (χ2v) is 5.24. The van der Waals surface area contributed by atoms with Crippen LogP contribution in [0.1, 0.15) is 13.8 Å². The Bertz CT molecular complexity index is 606. The van der Waals surface area contributed by atoms with Crippen molar-refractivity contribution in [3.63, 3.8) is 0 Å². The second kappa shape index (κ2) is 6.22. The van der Waals surface area contributed by atoms with E-state index < -0.39 is 12.5 Å². The maximum atomic E-state index is 8.96. The molecule has 0 amide bonds. The van der Waals surface area contributed by atoms with Crippen LogP contribution in [-0.2, 0) is 0 Å². The average Bonchev–Trinajstić information content (AvgIpc) is 2.82. The number of rotatable bonds is 5. The molecule has 1 aromatic rings. The molecule has 0 aliphatic carbocycles. The first-order valence-electron chi connectivity index (χ1n) is 6.81. The van der Waals surface area contributed by atoms with Crippen LogP contribution in [-0.4, -0.2) is 46.4 Å². The van der Waals surface area contributed by atoms with Gasteiger partial charge in [-0.05, 0) is 38.1 Å². The van der Waals surface area contributed by atoms with E-state index >= 15 is 0 Å². The number of ether oxygens (including phenoxy) is 1. The first-order chi connectivity index (χ1) is 10.3. The van der Waals surface area contributed by atoms with Crippen molar-refractivity contribution in [2.24, 2.45) is 21.6 Å².